The summed E-state index contributed by atoms with van der Waals surface area (Å²) < 4.78 is 44.5. The molecule has 0 radical (unpaired) electrons. The normalized spacial score (nSPS) is 14.6. The molecule has 0 atom stereocenters. The first-order valence-corrected chi connectivity index (χ1v) is 11.6. The molecule has 4 heterocycles. The van der Waals surface area contributed by atoms with Crippen LogP contribution in [0.25, 0.3) is 27.8 Å². The molecule has 174 valence electrons. The quantitative estimate of drug-likeness (QED) is 0.259. The summed E-state index contributed by atoms with van der Waals surface area (Å²) in [4.78, 5) is 22.6. The number of hydrogen-bond acceptors (Lipinski definition) is 5. The number of benzene rings is 2. The molecule has 6 rings (SSSR count). The summed E-state index contributed by atoms with van der Waals surface area (Å²) in [5, 5.41) is 7.32. The highest BCUT2D eigenvalue weighted by molar-refractivity contribution is 14.1. The van der Waals surface area contributed by atoms with Crippen molar-refractivity contribution in [1.29, 1.82) is 0 Å². The second kappa shape index (κ2) is 7.70. The average molecular weight is 586 g/mol. The van der Waals surface area contributed by atoms with Crippen molar-refractivity contribution in [2.45, 2.75) is 18.4 Å². The van der Waals surface area contributed by atoms with Crippen LogP contribution in [0, 0.1) is 3.57 Å². The topological polar surface area (TPSA) is 77.4 Å². The Kier molecular flexibility index (Phi) is 4.82. The van der Waals surface area contributed by atoms with Gasteiger partial charge >= 0.3 is 11.8 Å². The van der Waals surface area contributed by atoms with Crippen molar-refractivity contribution in [3.63, 3.8) is 0 Å². The van der Waals surface area contributed by atoms with Crippen LogP contribution in [0.2, 0.25) is 0 Å². The third-order valence-electron chi connectivity index (χ3n) is 5.92. The summed E-state index contributed by atoms with van der Waals surface area (Å²) in [7, 11) is 0. The first kappa shape index (κ1) is 21.9. The van der Waals surface area contributed by atoms with E-state index in [2.05, 4.69) is 20.2 Å². The van der Waals surface area contributed by atoms with Crippen LogP contribution in [0.4, 0.5) is 13.2 Å². The Morgan fingerprint density at radius 3 is 2.46 bits per heavy atom. The number of para-hydroxylation sites is 1. The van der Waals surface area contributed by atoms with Gasteiger partial charge in [0, 0.05) is 27.3 Å². The third-order valence-corrected chi connectivity index (χ3v) is 6.54. The van der Waals surface area contributed by atoms with Gasteiger partial charge in [-0.3, -0.25) is 9.36 Å². The van der Waals surface area contributed by atoms with Crippen LogP contribution in [-0.2, 0) is 12.2 Å². The van der Waals surface area contributed by atoms with Crippen LogP contribution >= 0.6 is 22.6 Å². The molecule has 35 heavy (non-hydrogen) atoms. The van der Waals surface area contributed by atoms with Crippen molar-refractivity contribution in [2.75, 3.05) is 0 Å². The molecule has 3 aromatic heterocycles. The lowest BCUT2D eigenvalue weighted by Crippen LogP contribution is -2.30. The van der Waals surface area contributed by atoms with Crippen molar-refractivity contribution in [1.82, 2.24) is 19.1 Å². The van der Waals surface area contributed by atoms with Crippen molar-refractivity contribution in [2.24, 2.45) is 10.2 Å². The number of hydrogen-bond donors (Lipinski definition) is 0. The van der Waals surface area contributed by atoms with Crippen molar-refractivity contribution >= 4 is 44.7 Å². The van der Waals surface area contributed by atoms with Crippen molar-refractivity contribution in [3.8, 4) is 5.69 Å². The maximum atomic E-state index is 13.7. The fourth-order valence-electron chi connectivity index (χ4n) is 4.28. The highest BCUT2D eigenvalue weighted by Crippen LogP contribution is 2.52. The average Bonchev–Trinajstić information content (AvgIpc) is 3.56. The number of pyridine rings is 2. The maximum Gasteiger partial charge on any atom is 0.442 e. The fourth-order valence-corrected chi connectivity index (χ4v) is 5.02. The van der Waals surface area contributed by atoms with Gasteiger partial charge in [0.05, 0.1) is 12.0 Å². The smallest absolute Gasteiger partial charge is 0.322 e. The Bertz CT molecular complexity index is 1700. The first-order chi connectivity index (χ1) is 16.8. The number of rotatable bonds is 4. The molecule has 0 spiro atoms. The Morgan fingerprint density at radius 1 is 0.971 bits per heavy atom. The van der Waals surface area contributed by atoms with E-state index < -0.39 is 11.8 Å². The predicted octanol–water partition coefficient (Wildman–Crippen LogP) is 5.57. The SMILES string of the molecule is O=c1c2c(ncn2Cc2cc(I)cc(C3(C(F)(F)F)N=N3)c2)c2cccnc2n1-c1ccccc1. The summed E-state index contributed by atoms with van der Waals surface area (Å²) in [6, 6.07) is 17.4. The summed E-state index contributed by atoms with van der Waals surface area (Å²) in [5.41, 5.74) is -0.367. The van der Waals surface area contributed by atoms with Gasteiger partial charge in [-0.15, -0.1) is 10.2 Å². The van der Waals surface area contributed by atoms with Gasteiger partial charge in [0.1, 0.15) is 16.7 Å². The van der Waals surface area contributed by atoms with Gasteiger partial charge in [0.25, 0.3) is 5.56 Å². The van der Waals surface area contributed by atoms with Gasteiger partial charge < -0.3 is 4.57 Å². The molecule has 0 aliphatic carbocycles. The molecular weight excluding hydrogens is 572 g/mol. The van der Waals surface area contributed by atoms with Gasteiger partial charge in [-0.1, -0.05) is 18.2 Å². The van der Waals surface area contributed by atoms with E-state index in [1.54, 1.807) is 22.9 Å². The van der Waals surface area contributed by atoms with E-state index in [9.17, 15) is 18.0 Å². The molecule has 0 amide bonds. The number of halogens is 4. The molecule has 0 saturated heterocycles. The van der Waals surface area contributed by atoms with Crippen LogP contribution < -0.4 is 5.56 Å². The molecule has 0 unspecified atom stereocenters. The van der Waals surface area contributed by atoms with E-state index >= 15 is 0 Å². The van der Waals surface area contributed by atoms with E-state index in [0.29, 0.717) is 36.9 Å². The van der Waals surface area contributed by atoms with Crippen molar-refractivity contribution < 1.29 is 13.2 Å². The standard InChI is InChI=1S/C24H14F3IN6O/c25-24(26,27)23(31-32-23)15-9-14(10-16(28)11-15)12-33-13-30-19-18-7-4-8-29-21(18)34(22(35)20(19)33)17-5-2-1-3-6-17/h1-11,13H,12H2. The number of imidazole rings is 1. The minimum Gasteiger partial charge on any atom is -0.322 e. The lowest BCUT2D eigenvalue weighted by atomic mass is 10.0. The molecule has 1 aliphatic rings. The molecule has 2 aromatic carbocycles. The predicted molar refractivity (Wildman–Crippen MR) is 131 cm³/mol. The van der Waals surface area contributed by atoms with Crippen LogP contribution in [0.15, 0.2) is 88.2 Å². The van der Waals surface area contributed by atoms with Gasteiger partial charge in [-0.2, -0.15) is 13.2 Å². The van der Waals surface area contributed by atoms with E-state index in [1.165, 1.54) is 23.0 Å². The number of alkyl halides is 3. The molecule has 1 aliphatic heterocycles. The van der Waals surface area contributed by atoms with Crippen molar-refractivity contribution in [3.05, 3.63) is 98.2 Å². The minimum atomic E-state index is -4.62. The third kappa shape index (κ3) is 3.44. The van der Waals surface area contributed by atoms with E-state index in [-0.39, 0.29) is 17.7 Å². The minimum absolute atomic E-state index is 0.0485. The summed E-state index contributed by atoms with van der Waals surface area (Å²) in [6.45, 7) is 0.143. The first-order valence-electron chi connectivity index (χ1n) is 10.5. The van der Waals surface area contributed by atoms with E-state index in [0.717, 1.165) is 0 Å². The summed E-state index contributed by atoms with van der Waals surface area (Å²) in [5.74, 6) is 0. The van der Waals surface area contributed by atoms with Crippen LogP contribution in [0.5, 0.6) is 0 Å². The molecule has 0 fully saturated rings. The van der Waals surface area contributed by atoms with Gasteiger partial charge in [0.2, 0.25) is 0 Å². The molecule has 0 saturated carbocycles. The lowest BCUT2D eigenvalue weighted by Gasteiger charge is -2.16. The van der Waals surface area contributed by atoms with Gasteiger partial charge in [0.15, 0.2) is 0 Å². The Morgan fingerprint density at radius 2 is 1.74 bits per heavy atom. The van der Waals surface area contributed by atoms with Gasteiger partial charge in [-0.25, -0.2) is 9.97 Å². The number of aromatic nitrogens is 4. The highest BCUT2D eigenvalue weighted by atomic mass is 127. The zero-order chi connectivity index (χ0) is 24.4. The fraction of sp³-hybridized carbons (Fsp3) is 0.125. The van der Waals surface area contributed by atoms with Crippen LogP contribution in [0.3, 0.4) is 0 Å². The monoisotopic (exact) mass is 586 g/mol. The number of nitrogens with zero attached hydrogens (tertiary/aromatic N) is 6. The summed E-state index contributed by atoms with van der Waals surface area (Å²) in [6.07, 6.45) is -1.48. The maximum absolute atomic E-state index is 13.7. The Balaban J connectivity index is 1.53. The molecule has 7 nitrogen and oxygen atoms in total. The molecule has 11 heteroatoms. The van der Waals surface area contributed by atoms with Crippen LogP contribution in [0.1, 0.15) is 11.1 Å². The second-order valence-electron chi connectivity index (χ2n) is 8.14. The number of fused-ring (bicyclic) bond motifs is 3. The second-order valence-corrected chi connectivity index (χ2v) is 9.38. The molecule has 5 aromatic rings. The van der Waals surface area contributed by atoms with Crippen LogP contribution in [-0.4, -0.2) is 25.3 Å². The Labute approximate surface area is 209 Å². The largest absolute Gasteiger partial charge is 0.442 e. The van der Waals surface area contributed by atoms with E-state index in [4.69, 9.17) is 0 Å². The zero-order valence-corrected chi connectivity index (χ0v) is 19.9. The van der Waals surface area contributed by atoms with Gasteiger partial charge in [-0.05, 0) is 70.6 Å². The lowest BCUT2D eigenvalue weighted by molar-refractivity contribution is -0.166. The zero-order valence-electron chi connectivity index (χ0n) is 17.7. The molecule has 0 bridgehead atoms. The van der Waals surface area contributed by atoms with E-state index in [1.807, 2.05) is 59.0 Å². The highest BCUT2D eigenvalue weighted by Gasteiger charge is 2.65. The molecule has 0 N–H and O–H groups in total. The Hall–Kier alpha value is -3.61. The summed E-state index contributed by atoms with van der Waals surface area (Å²) >= 11 is 1.97. The molecular formula is C24H14F3IN6O.